The Bertz CT molecular complexity index is 656. The minimum atomic E-state index is 0.187. The first-order chi connectivity index (χ1) is 10.2. The van der Waals surface area contributed by atoms with E-state index in [9.17, 15) is 0 Å². The first kappa shape index (κ1) is 14.8. The van der Waals surface area contributed by atoms with Crippen molar-refractivity contribution in [2.24, 2.45) is 0 Å². The van der Waals surface area contributed by atoms with E-state index in [1.165, 1.54) is 0 Å². The normalized spacial score (nSPS) is 10.1. The minimum Gasteiger partial charge on any atom is -0.497 e. The number of ether oxygens (including phenoxy) is 2. The topological polar surface area (TPSA) is 81.4 Å². The summed E-state index contributed by atoms with van der Waals surface area (Å²) in [6, 6.07) is 7.80. The zero-order valence-corrected chi connectivity index (χ0v) is 12.2. The monoisotopic (exact) mass is 286 g/mol. The highest BCUT2D eigenvalue weighted by Crippen LogP contribution is 2.26. The molecule has 2 aromatic rings. The lowest BCUT2D eigenvalue weighted by atomic mass is 10.0. The van der Waals surface area contributed by atoms with E-state index in [2.05, 4.69) is 6.07 Å². The van der Waals surface area contributed by atoms with Crippen LogP contribution in [0.15, 0.2) is 28.9 Å². The fourth-order valence-corrected chi connectivity index (χ4v) is 2.27. The molecule has 0 aliphatic rings. The van der Waals surface area contributed by atoms with Gasteiger partial charge < -0.3 is 19.6 Å². The van der Waals surface area contributed by atoms with Gasteiger partial charge in [0.25, 0.3) is 0 Å². The molecule has 110 valence electrons. The van der Waals surface area contributed by atoms with Gasteiger partial charge in [0.15, 0.2) is 0 Å². The highest BCUT2D eigenvalue weighted by atomic mass is 16.5. The number of methoxy groups -OCH3 is 2. The fraction of sp³-hybridized carbons (Fsp3) is 0.312. The van der Waals surface area contributed by atoms with Crippen LogP contribution in [0.4, 0.5) is 5.88 Å². The molecule has 5 nitrogen and oxygen atoms in total. The summed E-state index contributed by atoms with van der Waals surface area (Å²) in [6.45, 7) is 0. The summed E-state index contributed by atoms with van der Waals surface area (Å²) in [4.78, 5) is 0. The van der Waals surface area contributed by atoms with Gasteiger partial charge in [0.2, 0.25) is 5.88 Å². The van der Waals surface area contributed by atoms with Crippen LogP contribution in [0.2, 0.25) is 0 Å². The van der Waals surface area contributed by atoms with E-state index in [1.54, 1.807) is 20.5 Å². The van der Waals surface area contributed by atoms with E-state index < -0.39 is 0 Å². The van der Waals surface area contributed by atoms with Crippen molar-refractivity contribution in [3.05, 3.63) is 41.2 Å². The van der Waals surface area contributed by atoms with E-state index in [1.807, 2.05) is 18.2 Å². The number of hydrogen-bond donors (Lipinski definition) is 1. The number of aryl methyl sites for hydroxylation is 2. The first-order valence-electron chi connectivity index (χ1n) is 6.66. The summed E-state index contributed by atoms with van der Waals surface area (Å²) >= 11 is 0. The van der Waals surface area contributed by atoms with E-state index in [-0.39, 0.29) is 5.88 Å². The summed E-state index contributed by atoms with van der Waals surface area (Å²) in [5.41, 5.74) is 7.95. The number of nitrogens with zero attached hydrogens (tertiary/aromatic N) is 1. The van der Waals surface area contributed by atoms with Crippen LogP contribution in [-0.4, -0.2) is 14.2 Å². The molecule has 0 bridgehead atoms. The Kier molecular flexibility index (Phi) is 4.72. The summed E-state index contributed by atoms with van der Waals surface area (Å²) < 4.78 is 15.7. The van der Waals surface area contributed by atoms with Crippen molar-refractivity contribution in [1.29, 1.82) is 5.26 Å². The van der Waals surface area contributed by atoms with Gasteiger partial charge in [-0.25, -0.2) is 0 Å². The van der Waals surface area contributed by atoms with Gasteiger partial charge in [-0.05, 0) is 43.0 Å². The average molecular weight is 286 g/mol. The summed E-state index contributed by atoms with van der Waals surface area (Å²) in [5.74, 6) is 1.82. The second kappa shape index (κ2) is 6.71. The largest absolute Gasteiger partial charge is 0.497 e. The number of furan rings is 1. The third-order valence-corrected chi connectivity index (χ3v) is 3.39. The molecule has 2 rings (SSSR count). The van der Waals surface area contributed by atoms with Gasteiger partial charge in [-0.1, -0.05) is 0 Å². The molecule has 0 unspecified atom stereocenters. The van der Waals surface area contributed by atoms with Crippen LogP contribution in [0.1, 0.15) is 23.1 Å². The molecule has 2 N–H and O–H groups in total. The second-order valence-electron chi connectivity index (χ2n) is 4.64. The van der Waals surface area contributed by atoms with Crippen LogP contribution in [0, 0.1) is 11.3 Å². The molecule has 1 aromatic carbocycles. The third kappa shape index (κ3) is 3.29. The van der Waals surface area contributed by atoms with Crippen molar-refractivity contribution in [1.82, 2.24) is 0 Å². The lowest BCUT2D eigenvalue weighted by molar-refractivity contribution is 0.398. The molecular weight excluding hydrogens is 268 g/mol. The Morgan fingerprint density at radius 3 is 2.62 bits per heavy atom. The maximum absolute atomic E-state index is 9.03. The minimum absolute atomic E-state index is 0.187. The number of hydrogen-bond acceptors (Lipinski definition) is 5. The van der Waals surface area contributed by atoms with Gasteiger partial charge >= 0.3 is 0 Å². The van der Waals surface area contributed by atoms with Crippen molar-refractivity contribution in [3.8, 4) is 17.6 Å². The molecule has 0 aliphatic heterocycles. The van der Waals surface area contributed by atoms with Gasteiger partial charge in [-0.3, -0.25) is 0 Å². The Morgan fingerprint density at radius 2 is 1.95 bits per heavy atom. The molecule has 0 amide bonds. The average Bonchev–Trinajstić information content (AvgIpc) is 2.87. The molecule has 1 heterocycles. The van der Waals surface area contributed by atoms with E-state index in [0.717, 1.165) is 41.9 Å². The predicted octanol–water partition coefficient (Wildman–Crippen LogP) is 2.93. The smallest absolute Gasteiger partial charge is 0.208 e. The standard InChI is InChI=1S/C16H18N2O3/c1-19-13-6-7-15(20-2)11(8-13)4-3-5-12-10-21-16(18)14(12)9-17/h6-8,10H,3-5,18H2,1-2H3. The lowest BCUT2D eigenvalue weighted by Gasteiger charge is -2.10. The Labute approximate surface area is 123 Å². The van der Waals surface area contributed by atoms with E-state index >= 15 is 0 Å². The van der Waals surface area contributed by atoms with Gasteiger partial charge in [0.1, 0.15) is 23.1 Å². The van der Waals surface area contributed by atoms with Crippen molar-refractivity contribution in [2.75, 3.05) is 20.0 Å². The molecule has 0 saturated carbocycles. The van der Waals surface area contributed by atoms with Gasteiger partial charge in [0, 0.05) is 5.56 Å². The Morgan fingerprint density at radius 1 is 1.19 bits per heavy atom. The third-order valence-electron chi connectivity index (χ3n) is 3.39. The molecule has 0 saturated heterocycles. The van der Waals surface area contributed by atoms with Crippen LogP contribution in [0.3, 0.4) is 0 Å². The van der Waals surface area contributed by atoms with Crippen LogP contribution in [0.25, 0.3) is 0 Å². The SMILES string of the molecule is COc1ccc(OC)c(CCCc2coc(N)c2C#N)c1. The fourth-order valence-electron chi connectivity index (χ4n) is 2.27. The Balaban J connectivity index is 2.05. The molecule has 0 spiro atoms. The van der Waals surface area contributed by atoms with Crippen molar-refractivity contribution in [3.63, 3.8) is 0 Å². The summed E-state index contributed by atoms with van der Waals surface area (Å²) in [7, 11) is 3.29. The molecule has 0 atom stereocenters. The Hall–Kier alpha value is -2.61. The number of nitrogens with two attached hydrogens (primary N) is 1. The number of nitrogen functional groups attached to an aromatic ring is 1. The zero-order valence-electron chi connectivity index (χ0n) is 12.2. The van der Waals surface area contributed by atoms with Crippen LogP contribution in [0.5, 0.6) is 11.5 Å². The summed E-state index contributed by atoms with van der Waals surface area (Å²) in [6.07, 6.45) is 3.95. The molecule has 1 aromatic heterocycles. The van der Waals surface area contributed by atoms with Crippen molar-refractivity contribution < 1.29 is 13.9 Å². The molecule has 21 heavy (non-hydrogen) atoms. The number of anilines is 1. The van der Waals surface area contributed by atoms with Crippen LogP contribution >= 0.6 is 0 Å². The van der Waals surface area contributed by atoms with Gasteiger partial charge in [-0.15, -0.1) is 0 Å². The molecule has 0 radical (unpaired) electrons. The first-order valence-corrected chi connectivity index (χ1v) is 6.66. The van der Waals surface area contributed by atoms with Gasteiger partial charge in [0.05, 0.1) is 20.5 Å². The molecule has 0 fully saturated rings. The van der Waals surface area contributed by atoms with Crippen molar-refractivity contribution in [2.45, 2.75) is 19.3 Å². The highest BCUT2D eigenvalue weighted by Gasteiger charge is 2.11. The zero-order chi connectivity index (χ0) is 15.2. The highest BCUT2D eigenvalue weighted by molar-refractivity contribution is 5.51. The van der Waals surface area contributed by atoms with Crippen molar-refractivity contribution >= 4 is 5.88 Å². The maximum Gasteiger partial charge on any atom is 0.208 e. The second-order valence-corrected chi connectivity index (χ2v) is 4.64. The van der Waals surface area contributed by atoms with E-state index in [0.29, 0.717) is 5.56 Å². The molecule has 5 heteroatoms. The lowest BCUT2D eigenvalue weighted by Crippen LogP contribution is -1.96. The molecule has 0 aliphatic carbocycles. The number of benzene rings is 1. The number of nitriles is 1. The predicted molar refractivity (Wildman–Crippen MR) is 79.4 cm³/mol. The molecular formula is C16H18N2O3. The van der Waals surface area contributed by atoms with Crippen LogP contribution < -0.4 is 15.2 Å². The number of rotatable bonds is 6. The maximum atomic E-state index is 9.03. The van der Waals surface area contributed by atoms with Crippen LogP contribution in [-0.2, 0) is 12.8 Å². The quantitative estimate of drug-likeness (QED) is 0.883. The van der Waals surface area contributed by atoms with Gasteiger partial charge in [-0.2, -0.15) is 5.26 Å². The van der Waals surface area contributed by atoms with E-state index in [4.69, 9.17) is 24.9 Å². The summed E-state index contributed by atoms with van der Waals surface area (Å²) in [5, 5.41) is 9.03.